The highest BCUT2D eigenvalue weighted by molar-refractivity contribution is 5.24. The largest absolute Gasteiger partial charge is 0.388 e. The van der Waals surface area contributed by atoms with E-state index in [-0.39, 0.29) is 6.10 Å². The van der Waals surface area contributed by atoms with Gasteiger partial charge in [0.25, 0.3) is 0 Å². The van der Waals surface area contributed by atoms with Crippen LogP contribution in [0.1, 0.15) is 57.3 Å². The summed E-state index contributed by atoms with van der Waals surface area (Å²) in [6, 6.07) is 8.44. The summed E-state index contributed by atoms with van der Waals surface area (Å²) in [5.41, 5.74) is 2.43. The fourth-order valence-electron chi connectivity index (χ4n) is 2.18. The second-order valence-corrected chi connectivity index (χ2v) is 4.51. The maximum absolute atomic E-state index is 10.2. The van der Waals surface area contributed by atoms with Gasteiger partial charge in [0.05, 0.1) is 6.10 Å². The van der Waals surface area contributed by atoms with Gasteiger partial charge in [-0.15, -0.1) is 0 Å². The molecule has 0 saturated carbocycles. The van der Waals surface area contributed by atoms with Crippen molar-refractivity contribution in [3.05, 3.63) is 35.4 Å². The smallest absolute Gasteiger partial charge is 0.0818 e. The van der Waals surface area contributed by atoms with Crippen LogP contribution in [-0.4, -0.2) is 5.11 Å². The molecule has 0 aromatic heterocycles. The van der Waals surface area contributed by atoms with E-state index in [0.717, 1.165) is 24.8 Å². The van der Waals surface area contributed by atoms with Crippen molar-refractivity contribution in [2.75, 3.05) is 0 Å². The Morgan fingerprint density at radius 2 is 1.56 bits per heavy atom. The normalized spacial score (nSPS) is 13.1. The van der Waals surface area contributed by atoms with E-state index in [0.29, 0.717) is 5.92 Å². The molecule has 1 heteroatoms. The van der Waals surface area contributed by atoms with Gasteiger partial charge in [0.15, 0.2) is 0 Å². The summed E-state index contributed by atoms with van der Waals surface area (Å²) in [6.07, 6.45) is 4.07. The predicted molar refractivity (Wildman–Crippen MR) is 69.5 cm³/mol. The summed E-state index contributed by atoms with van der Waals surface area (Å²) < 4.78 is 0. The second kappa shape index (κ2) is 6.70. The quantitative estimate of drug-likeness (QED) is 0.765. The predicted octanol–water partition coefficient (Wildman–Crippen LogP) is 4.11. The molecule has 16 heavy (non-hydrogen) atoms. The molecule has 1 N–H and O–H groups in total. The molecule has 0 bridgehead atoms. The molecule has 1 rings (SSSR count). The summed E-state index contributed by atoms with van der Waals surface area (Å²) in [6.45, 7) is 6.47. The van der Waals surface area contributed by atoms with Gasteiger partial charge in [-0.3, -0.25) is 0 Å². The zero-order chi connectivity index (χ0) is 12.0. The van der Waals surface area contributed by atoms with Crippen molar-refractivity contribution in [1.82, 2.24) is 0 Å². The van der Waals surface area contributed by atoms with Crippen LogP contribution in [0, 0.1) is 5.92 Å². The number of aliphatic hydroxyl groups excluding tert-OH is 1. The molecular weight excluding hydrogens is 196 g/mol. The van der Waals surface area contributed by atoms with E-state index in [2.05, 4.69) is 45.0 Å². The van der Waals surface area contributed by atoms with Crippen LogP contribution in [0.3, 0.4) is 0 Å². The Balaban J connectivity index is 2.72. The molecule has 0 saturated heterocycles. The van der Waals surface area contributed by atoms with Crippen LogP contribution >= 0.6 is 0 Å². The number of aliphatic hydroxyl groups is 1. The molecule has 0 aliphatic heterocycles. The maximum Gasteiger partial charge on any atom is 0.0818 e. The molecule has 0 spiro atoms. The molecule has 0 heterocycles. The summed E-state index contributed by atoms with van der Waals surface area (Å²) >= 11 is 0. The lowest BCUT2D eigenvalue weighted by atomic mass is 9.91. The van der Waals surface area contributed by atoms with Crippen molar-refractivity contribution in [3.8, 4) is 0 Å². The Bertz CT molecular complexity index is 285. The van der Waals surface area contributed by atoms with Crippen molar-refractivity contribution >= 4 is 0 Å². The van der Waals surface area contributed by atoms with E-state index in [4.69, 9.17) is 0 Å². The van der Waals surface area contributed by atoms with E-state index in [1.807, 2.05) is 0 Å². The number of aryl methyl sites for hydroxylation is 1. The number of hydrogen-bond acceptors (Lipinski definition) is 1. The molecular formula is C15H24O. The first-order chi connectivity index (χ1) is 7.72. The van der Waals surface area contributed by atoms with Crippen molar-refractivity contribution in [1.29, 1.82) is 0 Å². The Morgan fingerprint density at radius 1 is 1.00 bits per heavy atom. The Hall–Kier alpha value is -0.820. The molecule has 0 radical (unpaired) electrons. The fraction of sp³-hybridized carbons (Fsp3) is 0.600. The highest BCUT2D eigenvalue weighted by Gasteiger charge is 2.16. The van der Waals surface area contributed by atoms with Gasteiger partial charge in [0, 0.05) is 0 Å². The minimum Gasteiger partial charge on any atom is -0.388 e. The molecule has 0 amide bonds. The first kappa shape index (κ1) is 13.2. The zero-order valence-electron chi connectivity index (χ0n) is 10.7. The monoisotopic (exact) mass is 220 g/mol. The minimum absolute atomic E-state index is 0.300. The van der Waals surface area contributed by atoms with Crippen LogP contribution in [0.25, 0.3) is 0 Å². The van der Waals surface area contributed by atoms with E-state index < -0.39 is 0 Å². The molecule has 1 nitrogen and oxygen atoms in total. The van der Waals surface area contributed by atoms with Crippen LogP contribution in [0.2, 0.25) is 0 Å². The lowest BCUT2D eigenvalue weighted by Gasteiger charge is -2.20. The average molecular weight is 220 g/mol. The van der Waals surface area contributed by atoms with Crippen molar-refractivity contribution in [2.45, 2.75) is 52.6 Å². The highest BCUT2D eigenvalue weighted by Crippen LogP contribution is 2.27. The third kappa shape index (κ3) is 3.34. The standard InChI is InChI=1S/C15H24O/c1-4-7-12-8-10-14(11-9-12)15(16)13(5-2)6-3/h8-11,13,15-16H,4-7H2,1-3H3. The van der Waals surface area contributed by atoms with Crippen LogP contribution in [-0.2, 0) is 6.42 Å². The number of benzene rings is 1. The van der Waals surface area contributed by atoms with E-state index in [1.165, 1.54) is 12.0 Å². The molecule has 1 unspecified atom stereocenters. The summed E-state index contributed by atoms with van der Waals surface area (Å²) in [4.78, 5) is 0. The Morgan fingerprint density at radius 3 is 2.00 bits per heavy atom. The molecule has 0 aliphatic rings. The highest BCUT2D eigenvalue weighted by atomic mass is 16.3. The van der Waals surface area contributed by atoms with E-state index in [1.54, 1.807) is 0 Å². The molecule has 90 valence electrons. The van der Waals surface area contributed by atoms with Gasteiger partial charge in [0.1, 0.15) is 0 Å². The first-order valence-corrected chi connectivity index (χ1v) is 6.49. The molecule has 0 fully saturated rings. The molecule has 1 aromatic rings. The van der Waals surface area contributed by atoms with Gasteiger partial charge in [0.2, 0.25) is 0 Å². The van der Waals surface area contributed by atoms with Gasteiger partial charge in [-0.1, -0.05) is 64.3 Å². The second-order valence-electron chi connectivity index (χ2n) is 4.51. The van der Waals surface area contributed by atoms with Crippen LogP contribution in [0.5, 0.6) is 0 Å². The number of hydrogen-bond donors (Lipinski definition) is 1. The third-order valence-corrected chi connectivity index (χ3v) is 3.36. The molecule has 1 atom stereocenters. The topological polar surface area (TPSA) is 20.2 Å². The molecule has 1 aromatic carbocycles. The Labute approximate surface area is 99.5 Å². The van der Waals surface area contributed by atoms with E-state index in [9.17, 15) is 5.11 Å². The van der Waals surface area contributed by atoms with Gasteiger partial charge < -0.3 is 5.11 Å². The van der Waals surface area contributed by atoms with Crippen LogP contribution in [0.15, 0.2) is 24.3 Å². The summed E-state index contributed by atoms with van der Waals surface area (Å²) in [5, 5.41) is 10.2. The van der Waals surface area contributed by atoms with Crippen LogP contribution in [0.4, 0.5) is 0 Å². The summed E-state index contributed by atoms with van der Waals surface area (Å²) in [7, 11) is 0. The van der Waals surface area contributed by atoms with Gasteiger partial charge >= 0.3 is 0 Å². The van der Waals surface area contributed by atoms with Gasteiger partial charge in [-0.2, -0.15) is 0 Å². The van der Waals surface area contributed by atoms with Crippen LogP contribution < -0.4 is 0 Å². The maximum atomic E-state index is 10.2. The minimum atomic E-state index is -0.300. The Kier molecular flexibility index (Phi) is 5.54. The lowest BCUT2D eigenvalue weighted by Crippen LogP contribution is -2.10. The zero-order valence-corrected chi connectivity index (χ0v) is 10.7. The van der Waals surface area contributed by atoms with Crippen molar-refractivity contribution < 1.29 is 5.11 Å². The fourth-order valence-corrected chi connectivity index (χ4v) is 2.18. The number of rotatable bonds is 6. The van der Waals surface area contributed by atoms with Crippen molar-refractivity contribution in [3.63, 3.8) is 0 Å². The summed E-state index contributed by atoms with van der Waals surface area (Å²) in [5.74, 6) is 0.386. The van der Waals surface area contributed by atoms with Gasteiger partial charge in [-0.25, -0.2) is 0 Å². The molecule has 0 aliphatic carbocycles. The average Bonchev–Trinajstić information content (AvgIpc) is 2.32. The van der Waals surface area contributed by atoms with Crippen molar-refractivity contribution in [2.24, 2.45) is 5.92 Å². The third-order valence-electron chi connectivity index (χ3n) is 3.36. The SMILES string of the molecule is CCCc1ccc(C(O)C(CC)CC)cc1. The lowest BCUT2D eigenvalue weighted by molar-refractivity contribution is 0.103. The van der Waals surface area contributed by atoms with E-state index >= 15 is 0 Å². The van der Waals surface area contributed by atoms with Gasteiger partial charge in [-0.05, 0) is 23.5 Å². The first-order valence-electron chi connectivity index (χ1n) is 6.49.